The van der Waals surface area contributed by atoms with Crippen LogP contribution in [0.2, 0.25) is 20.1 Å². The van der Waals surface area contributed by atoms with E-state index in [1.54, 1.807) is 24.3 Å². The van der Waals surface area contributed by atoms with Gasteiger partial charge < -0.3 is 4.74 Å². The average Bonchev–Trinajstić information content (AvgIpc) is 2.45. The number of hydrogen-bond acceptors (Lipinski definition) is 2. The lowest BCUT2D eigenvalue weighted by Crippen LogP contribution is -2.00. The number of rotatable bonds is 4. The highest BCUT2D eigenvalue weighted by Gasteiger charge is 2.15. The molecule has 0 saturated carbocycles. The summed E-state index contributed by atoms with van der Waals surface area (Å²) < 4.78 is 5.15. The molecule has 0 heterocycles. The smallest absolute Gasteiger partial charge is 0.189 e. The number of ketones is 1. The Labute approximate surface area is 148 Å². The lowest BCUT2D eigenvalue weighted by atomic mass is 10.1. The molecule has 6 heteroatoms. The summed E-state index contributed by atoms with van der Waals surface area (Å²) in [6.07, 6.45) is 2.89. The first-order valence-corrected chi connectivity index (χ1v) is 7.64. The Morgan fingerprint density at radius 2 is 1.68 bits per heavy atom. The number of methoxy groups -OCH3 is 1. The van der Waals surface area contributed by atoms with Crippen molar-refractivity contribution < 1.29 is 9.53 Å². The van der Waals surface area contributed by atoms with Crippen LogP contribution in [0.5, 0.6) is 5.75 Å². The minimum Gasteiger partial charge on any atom is -0.494 e. The third kappa shape index (κ3) is 3.76. The Kier molecular flexibility index (Phi) is 5.76. The lowest BCUT2D eigenvalue weighted by Gasteiger charge is -2.08. The zero-order valence-electron chi connectivity index (χ0n) is 11.4. The van der Waals surface area contributed by atoms with Gasteiger partial charge in [-0.15, -0.1) is 0 Å². The molecule has 0 aliphatic rings. The van der Waals surface area contributed by atoms with Gasteiger partial charge in [-0.1, -0.05) is 52.5 Å². The molecule has 2 nitrogen and oxygen atoms in total. The lowest BCUT2D eigenvalue weighted by molar-refractivity contribution is 0.104. The largest absolute Gasteiger partial charge is 0.494 e. The molecule has 0 saturated heterocycles. The number of halogens is 4. The highest BCUT2D eigenvalue weighted by molar-refractivity contribution is 6.38. The summed E-state index contributed by atoms with van der Waals surface area (Å²) in [6.45, 7) is 0. The Hall–Kier alpha value is -1.19. The van der Waals surface area contributed by atoms with Crippen molar-refractivity contribution in [3.05, 3.63) is 67.6 Å². The van der Waals surface area contributed by atoms with E-state index in [0.29, 0.717) is 20.6 Å². The predicted octanol–water partition coefficient (Wildman–Crippen LogP) is 6.20. The summed E-state index contributed by atoms with van der Waals surface area (Å²) in [7, 11) is 1.43. The van der Waals surface area contributed by atoms with Gasteiger partial charge in [-0.2, -0.15) is 0 Å². The molecule has 0 fully saturated rings. The number of carbonyl (C=O) groups is 1. The number of ether oxygens (including phenoxy) is 1. The third-order valence-electron chi connectivity index (χ3n) is 2.88. The van der Waals surface area contributed by atoms with Crippen LogP contribution in [-0.4, -0.2) is 12.9 Å². The van der Waals surface area contributed by atoms with Gasteiger partial charge >= 0.3 is 0 Å². The third-order valence-corrected chi connectivity index (χ3v) is 4.04. The molecule has 0 aromatic heterocycles. The van der Waals surface area contributed by atoms with Crippen LogP contribution < -0.4 is 4.74 Å². The second kappa shape index (κ2) is 7.38. The fourth-order valence-electron chi connectivity index (χ4n) is 1.87. The Morgan fingerprint density at radius 3 is 2.27 bits per heavy atom. The standard InChI is InChI=1S/C16H10Cl4O2/c1-22-16-11(7-9(17)8-14(16)20)15(21)6-5-10-12(18)3-2-4-13(10)19/h2-8H,1H3. The topological polar surface area (TPSA) is 26.3 Å². The summed E-state index contributed by atoms with van der Waals surface area (Å²) in [6, 6.07) is 8.10. The van der Waals surface area contributed by atoms with Gasteiger partial charge in [-0.3, -0.25) is 4.79 Å². The first-order chi connectivity index (χ1) is 10.4. The van der Waals surface area contributed by atoms with E-state index in [-0.39, 0.29) is 22.1 Å². The van der Waals surface area contributed by atoms with E-state index in [9.17, 15) is 4.79 Å². The Morgan fingerprint density at radius 1 is 1.05 bits per heavy atom. The first kappa shape index (κ1) is 17.2. The van der Waals surface area contributed by atoms with Crippen LogP contribution in [0.1, 0.15) is 15.9 Å². The second-order valence-electron chi connectivity index (χ2n) is 4.30. The van der Waals surface area contributed by atoms with Crippen LogP contribution in [-0.2, 0) is 0 Å². The van der Waals surface area contributed by atoms with Crippen molar-refractivity contribution in [2.45, 2.75) is 0 Å². The minimum absolute atomic E-state index is 0.263. The minimum atomic E-state index is -0.322. The van der Waals surface area contributed by atoms with Crippen molar-refractivity contribution in [3.63, 3.8) is 0 Å². The quantitative estimate of drug-likeness (QED) is 0.469. The molecule has 0 radical (unpaired) electrons. The maximum atomic E-state index is 12.4. The predicted molar refractivity (Wildman–Crippen MR) is 92.8 cm³/mol. The molecule has 0 atom stereocenters. The monoisotopic (exact) mass is 374 g/mol. The van der Waals surface area contributed by atoms with Crippen LogP contribution in [0.4, 0.5) is 0 Å². The van der Waals surface area contributed by atoms with Gasteiger partial charge in [0, 0.05) is 20.6 Å². The molecule has 0 N–H and O–H groups in total. The normalized spacial score (nSPS) is 11.0. The first-order valence-electron chi connectivity index (χ1n) is 6.13. The van der Waals surface area contributed by atoms with E-state index >= 15 is 0 Å². The van der Waals surface area contributed by atoms with Crippen LogP contribution in [0, 0.1) is 0 Å². The van der Waals surface area contributed by atoms with Crippen molar-refractivity contribution in [1.82, 2.24) is 0 Å². The van der Waals surface area contributed by atoms with E-state index in [1.807, 2.05) is 0 Å². The van der Waals surface area contributed by atoms with Crippen molar-refractivity contribution >= 4 is 58.3 Å². The number of allylic oxidation sites excluding steroid dienone is 1. The van der Waals surface area contributed by atoms with Gasteiger partial charge in [-0.25, -0.2) is 0 Å². The van der Waals surface area contributed by atoms with Crippen molar-refractivity contribution in [3.8, 4) is 5.75 Å². The van der Waals surface area contributed by atoms with E-state index in [0.717, 1.165) is 0 Å². The van der Waals surface area contributed by atoms with Gasteiger partial charge in [-0.05, 0) is 36.4 Å². The molecule has 0 spiro atoms. The van der Waals surface area contributed by atoms with Crippen molar-refractivity contribution in [1.29, 1.82) is 0 Å². The molecule has 0 unspecified atom stereocenters. The molecule has 22 heavy (non-hydrogen) atoms. The number of hydrogen-bond donors (Lipinski definition) is 0. The molecule has 0 aliphatic carbocycles. The van der Waals surface area contributed by atoms with Gasteiger partial charge in [0.1, 0.15) is 5.75 Å². The zero-order valence-corrected chi connectivity index (χ0v) is 14.4. The molecule has 0 aliphatic heterocycles. The second-order valence-corrected chi connectivity index (χ2v) is 5.96. The zero-order chi connectivity index (χ0) is 16.3. The number of carbonyl (C=O) groups excluding carboxylic acids is 1. The molecular formula is C16H10Cl4O2. The molecule has 2 aromatic carbocycles. The maximum Gasteiger partial charge on any atom is 0.189 e. The average molecular weight is 376 g/mol. The van der Waals surface area contributed by atoms with Crippen LogP contribution in [0.3, 0.4) is 0 Å². The van der Waals surface area contributed by atoms with Gasteiger partial charge in [0.05, 0.1) is 17.7 Å². The molecule has 2 rings (SSSR count). The molecular weight excluding hydrogens is 366 g/mol. The molecule has 2 aromatic rings. The SMILES string of the molecule is COc1c(Cl)cc(Cl)cc1C(=O)C=Cc1c(Cl)cccc1Cl. The van der Waals surface area contributed by atoms with Gasteiger partial charge in [0.15, 0.2) is 5.78 Å². The van der Waals surface area contributed by atoms with Crippen molar-refractivity contribution in [2.24, 2.45) is 0 Å². The van der Waals surface area contributed by atoms with Gasteiger partial charge in [0.25, 0.3) is 0 Å². The van der Waals surface area contributed by atoms with E-state index in [2.05, 4.69) is 0 Å². The molecule has 114 valence electrons. The van der Waals surface area contributed by atoms with Crippen molar-refractivity contribution in [2.75, 3.05) is 7.11 Å². The maximum absolute atomic E-state index is 12.4. The highest BCUT2D eigenvalue weighted by Crippen LogP contribution is 2.33. The van der Waals surface area contributed by atoms with E-state index < -0.39 is 0 Å². The number of benzene rings is 2. The summed E-state index contributed by atoms with van der Waals surface area (Å²) in [5.41, 5.74) is 0.825. The summed E-state index contributed by atoms with van der Waals surface area (Å²) in [5.74, 6) is -0.0526. The summed E-state index contributed by atoms with van der Waals surface area (Å²) in [4.78, 5) is 12.4. The van der Waals surface area contributed by atoms with E-state index in [1.165, 1.54) is 25.3 Å². The van der Waals surface area contributed by atoms with Crippen LogP contribution >= 0.6 is 46.4 Å². The van der Waals surface area contributed by atoms with Crippen LogP contribution in [0.15, 0.2) is 36.4 Å². The summed E-state index contributed by atoms with van der Waals surface area (Å²) >= 11 is 24.1. The summed E-state index contributed by atoms with van der Waals surface area (Å²) in [5, 5.41) is 1.51. The Balaban J connectivity index is 2.40. The van der Waals surface area contributed by atoms with E-state index in [4.69, 9.17) is 51.1 Å². The molecule has 0 amide bonds. The highest BCUT2D eigenvalue weighted by atomic mass is 35.5. The van der Waals surface area contributed by atoms with Gasteiger partial charge in [0.2, 0.25) is 0 Å². The Bertz CT molecular complexity index is 734. The molecule has 0 bridgehead atoms. The fraction of sp³-hybridized carbons (Fsp3) is 0.0625. The van der Waals surface area contributed by atoms with Crippen LogP contribution in [0.25, 0.3) is 6.08 Å². The fourth-order valence-corrected chi connectivity index (χ4v) is 2.96.